The van der Waals surface area contributed by atoms with Crippen LogP contribution in [-0.4, -0.2) is 51.6 Å². The van der Waals surface area contributed by atoms with Gasteiger partial charge in [-0.2, -0.15) is 0 Å². The number of aliphatic hydroxyl groups is 3. The van der Waals surface area contributed by atoms with Gasteiger partial charge in [0.1, 0.15) is 11.7 Å². The van der Waals surface area contributed by atoms with Gasteiger partial charge in [0.2, 0.25) is 0 Å². The Kier molecular flexibility index (Phi) is 5.70. The van der Waals surface area contributed by atoms with E-state index in [9.17, 15) is 15.3 Å². The van der Waals surface area contributed by atoms with Gasteiger partial charge in [0.05, 0.1) is 24.4 Å². The standard InChI is InChI=1S/C21H32O6/c1-12(23)15-8-6-7-9-16(15)13(2)25-18-14(11-22)10-17-21(5,19(18)24)27-20(3,4)26-17/h6-9,12-14,17-19,22-24H,10-11H2,1-5H3/t12-,13+,14+,17-,18-,19+,21-/m0/s1. The predicted octanol–water partition coefficient (Wildman–Crippen LogP) is 2.47. The molecular weight excluding hydrogens is 348 g/mol. The fourth-order valence-electron chi connectivity index (χ4n) is 4.54. The first kappa shape index (κ1) is 20.7. The summed E-state index contributed by atoms with van der Waals surface area (Å²) in [5.74, 6) is -1.06. The molecule has 0 amide bonds. The van der Waals surface area contributed by atoms with Crippen molar-refractivity contribution < 1.29 is 29.5 Å². The van der Waals surface area contributed by atoms with E-state index >= 15 is 0 Å². The number of hydrogen-bond donors (Lipinski definition) is 3. The van der Waals surface area contributed by atoms with Gasteiger partial charge in [-0.25, -0.2) is 0 Å². The van der Waals surface area contributed by atoms with Crippen LogP contribution in [0.25, 0.3) is 0 Å². The van der Waals surface area contributed by atoms with Gasteiger partial charge in [0.25, 0.3) is 0 Å². The lowest BCUT2D eigenvalue weighted by molar-refractivity contribution is -0.220. The van der Waals surface area contributed by atoms with Crippen molar-refractivity contribution in [1.29, 1.82) is 0 Å². The van der Waals surface area contributed by atoms with Crippen LogP contribution >= 0.6 is 0 Å². The van der Waals surface area contributed by atoms with E-state index in [0.29, 0.717) is 6.42 Å². The third kappa shape index (κ3) is 3.79. The zero-order chi connectivity index (χ0) is 20.0. The van der Waals surface area contributed by atoms with E-state index in [1.807, 2.05) is 52.0 Å². The third-order valence-corrected chi connectivity index (χ3v) is 5.89. The van der Waals surface area contributed by atoms with Crippen molar-refractivity contribution >= 4 is 0 Å². The second kappa shape index (κ2) is 7.43. The summed E-state index contributed by atoms with van der Waals surface area (Å²) in [6, 6.07) is 7.56. The minimum atomic E-state index is -0.948. The Hall–Kier alpha value is -1.02. The van der Waals surface area contributed by atoms with Crippen molar-refractivity contribution in [2.45, 2.75) is 82.9 Å². The van der Waals surface area contributed by atoms with Gasteiger partial charge in [0.15, 0.2) is 5.79 Å². The topological polar surface area (TPSA) is 88.4 Å². The van der Waals surface area contributed by atoms with Crippen LogP contribution in [0.4, 0.5) is 0 Å². The summed E-state index contributed by atoms with van der Waals surface area (Å²) < 4.78 is 18.3. The molecule has 1 aromatic carbocycles. The fourth-order valence-corrected chi connectivity index (χ4v) is 4.54. The van der Waals surface area contributed by atoms with Crippen molar-refractivity contribution in [3.05, 3.63) is 35.4 Å². The van der Waals surface area contributed by atoms with Crippen LogP contribution < -0.4 is 0 Å². The van der Waals surface area contributed by atoms with E-state index in [4.69, 9.17) is 14.2 Å². The lowest BCUT2D eigenvalue weighted by Crippen LogP contribution is -2.61. The van der Waals surface area contributed by atoms with Crippen LogP contribution in [0.1, 0.15) is 64.4 Å². The molecular formula is C21H32O6. The van der Waals surface area contributed by atoms with Gasteiger partial charge < -0.3 is 29.5 Å². The first-order valence-corrected chi connectivity index (χ1v) is 9.68. The molecule has 1 aliphatic carbocycles. The lowest BCUT2D eigenvalue weighted by atomic mass is 9.73. The Balaban J connectivity index is 1.85. The summed E-state index contributed by atoms with van der Waals surface area (Å²) in [4.78, 5) is 0. The fraction of sp³-hybridized carbons (Fsp3) is 0.714. The first-order valence-electron chi connectivity index (χ1n) is 9.68. The SMILES string of the molecule is C[C@H](O)c1ccccc1[C@@H](C)O[C@H]1[C@@H](CO)C[C@@H]2OC(C)(C)O[C@]2(C)[C@@H]1O. The summed E-state index contributed by atoms with van der Waals surface area (Å²) >= 11 is 0. The molecule has 0 aromatic heterocycles. The molecule has 152 valence electrons. The van der Waals surface area contributed by atoms with Crippen LogP contribution in [0.3, 0.4) is 0 Å². The normalized spacial score (nSPS) is 37.6. The van der Waals surface area contributed by atoms with E-state index in [0.717, 1.165) is 11.1 Å². The molecule has 1 aromatic rings. The van der Waals surface area contributed by atoms with Gasteiger partial charge >= 0.3 is 0 Å². The Morgan fingerprint density at radius 2 is 1.81 bits per heavy atom. The van der Waals surface area contributed by atoms with Crippen molar-refractivity contribution in [2.24, 2.45) is 5.92 Å². The molecule has 0 bridgehead atoms. The molecule has 1 saturated heterocycles. The van der Waals surface area contributed by atoms with Crippen molar-refractivity contribution in [3.8, 4) is 0 Å². The highest BCUT2D eigenvalue weighted by atomic mass is 16.8. The van der Waals surface area contributed by atoms with E-state index in [1.165, 1.54) is 0 Å². The molecule has 0 unspecified atom stereocenters. The maximum absolute atomic E-state index is 11.1. The minimum absolute atomic E-state index is 0.108. The van der Waals surface area contributed by atoms with E-state index in [-0.39, 0.29) is 24.7 Å². The number of benzene rings is 1. The average Bonchev–Trinajstić information content (AvgIpc) is 2.86. The summed E-state index contributed by atoms with van der Waals surface area (Å²) in [5, 5.41) is 31.1. The Morgan fingerprint density at radius 1 is 1.19 bits per heavy atom. The number of aliphatic hydroxyl groups excluding tert-OH is 3. The molecule has 0 radical (unpaired) electrons. The molecule has 7 atom stereocenters. The zero-order valence-corrected chi connectivity index (χ0v) is 16.8. The Bertz CT molecular complexity index is 660. The summed E-state index contributed by atoms with van der Waals surface area (Å²) in [5.41, 5.74) is 0.762. The highest BCUT2D eigenvalue weighted by Crippen LogP contribution is 2.48. The molecule has 6 nitrogen and oxygen atoms in total. The maximum atomic E-state index is 11.1. The summed E-state index contributed by atoms with van der Waals surface area (Å²) in [7, 11) is 0. The van der Waals surface area contributed by atoms with Crippen molar-refractivity contribution in [1.82, 2.24) is 0 Å². The van der Waals surface area contributed by atoms with E-state index in [1.54, 1.807) is 6.92 Å². The molecule has 0 spiro atoms. The largest absolute Gasteiger partial charge is 0.396 e. The number of ether oxygens (including phenoxy) is 3. The van der Waals surface area contributed by atoms with Crippen molar-refractivity contribution in [2.75, 3.05) is 6.61 Å². The van der Waals surface area contributed by atoms with Crippen molar-refractivity contribution in [3.63, 3.8) is 0 Å². The van der Waals surface area contributed by atoms with Gasteiger partial charge in [0, 0.05) is 12.5 Å². The summed E-state index contributed by atoms with van der Waals surface area (Å²) in [6.07, 6.45) is -2.30. The van der Waals surface area contributed by atoms with Crippen LogP contribution in [0.15, 0.2) is 24.3 Å². The molecule has 2 fully saturated rings. The van der Waals surface area contributed by atoms with E-state index in [2.05, 4.69) is 0 Å². The molecule has 1 heterocycles. The van der Waals surface area contributed by atoms with Gasteiger partial charge in [-0.1, -0.05) is 24.3 Å². The Labute approximate surface area is 161 Å². The van der Waals surface area contributed by atoms with Crippen LogP contribution in [0.2, 0.25) is 0 Å². The molecule has 27 heavy (non-hydrogen) atoms. The smallest absolute Gasteiger partial charge is 0.164 e. The average molecular weight is 380 g/mol. The monoisotopic (exact) mass is 380 g/mol. The quantitative estimate of drug-likeness (QED) is 0.727. The van der Waals surface area contributed by atoms with Crippen LogP contribution in [-0.2, 0) is 14.2 Å². The molecule has 1 aliphatic heterocycles. The van der Waals surface area contributed by atoms with E-state index < -0.39 is 29.7 Å². The molecule has 6 heteroatoms. The van der Waals surface area contributed by atoms with Crippen LogP contribution in [0.5, 0.6) is 0 Å². The predicted molar refractivity (Wildman–Crippen MR) is 100 cm³/mol. The highest BCUT2D eigenvalue weighted by Gasteiger charge is 2.61. The molecule has 2 aliphatic rings. The van der Waals surface area contributed by atoms with Crippen LogP contribution in [0, 0.1) is 5.92 Å². The Morgan fingerprint density at radius 3 is 2.41 bits per heavy atom. The lowest BCUT2D eigenvalue weighted by Gasteiger charge is -2.46. The molecule has 3 N–H and O–H groups in total. The second-order valence-electron chi connectivity index (χ2n) is 8.46. The summed E-state index contributed by atoms with van der Waals surface area (Å²) in [6.45, 7) is 9.00. The zero-order valence-electron chi connectivity index (χ0n) is 16.8. The minimum Gasteiger partial charge on any atom is -0.396 e. The van der Waals surface area contributed by atoms with Gasteiger partial charge in [-0.15, -0.1) is 0 Å². The highest BCUT2D eigenvalue weighted by molar-refractivity contribution is 5.30. The first-order chi connectivity index (χ1) is 12.6. The third-order valence-electron chi connectivity index (χ3n) is 5.89. The number of fused-ring (bicyclic) bond motifs is 1. The second-order valence-corrected chi connectivity index (χ2v) is 8.46. The number of hydrogen-bond acceptors (Lipinski definition) is 6. The maximum Gasteiger partial charge on any atom is 0.164 e. The van der Waals surface area contributed by atoms with Gasteiger partial charge in [-0.3, -0.25) is 0 Å². The molecule has 1 saturated carbocycles. The van der Waals surface area contributed by atoms with Gasteiger partial charge in [-0.05, 0) is 52.2 Å². The molecule has 3 rings (SSSR count). The number of rotatable bonds is 5.